The van der Waals surface area contributed by atoms with Crippen molar-refractivity contribution < 1.29 is 19.1 Å². The summed E-state index contributed by atoms with van der Waals surface area (Å²) in [6, 6.07) is 5.02. The second-order valence-corrected chi connectivity index (χ2v) is 6.82. The Morgan fingerprint density at radius 3 is 2.62 bits per heavy atom. The number of hydrogen-bond donors (Lipinski definition) is 2. The van der Waals surface area contributed by atoms with E-state index < -0.39 is 7.75 Å². The molecule has 0 aliphatic heterocycles. The summed E-state index contributed by atoms with van der Waals surface area (Å²) in [7, 11) is -4.47. The molecule has 132 valence electrons. The fourth-order valence-electron chi connectivity index (χ4n) is 1.85. The average Bonchev–Trinajstić information content (AvgIpc) is 2.53. The van der Waals surface area contributed by atoms with E-state index in [1.54, 1.807) is 31.2 Å². The highest BCUT2D eigenvalue weighted by molar-refractivity contribution is 7.49. The van der Waals surface area contributed by atoms with E-state index in [-0.39, 0.29) is 13.2 Å². The van der Waals surface area contributed by atoms with Gasteiger partial charge in [-0.25, -0.2) is 9.34 Å². The Kier molecular flexibility index (Phi) is 7.70. The summed E-state index contributed by atoms with van der Waals surface area (Å²) in [4.78, 5) is 18.7. The van der Waals surface area contributed by atoms with Crippen LogP contribution in [0.5, 0.6) is 5.75 Å². The van der Waals surface area contributed by atoms with Gasteiger partial charge in [0.05, 0.1) is 5.71 Å². The van der Waals surface area contributed by atoms with Gasteiger partial charge in [-0.3, -0.25) is 0 Å². The van der Waals surface area contributed by atoms with Crippen molar-refractivity contribution >= 4 is 25.1 Å². The predicted molar refractivity (Wildman–Crippen MR) is 97.5 cm³/mol. The van der Waals surface area contributed by atoms with Crippen LogP contribution in [0.1, 0.15) is 25.8 Å². The molecule has 6 nitrogen and oxygen atoms in total. The van der Waals surface area contributed by atoms with Gasteiger partial charge in [0.15, 0.2) is 0 Å². The molecule has 1 rings (SSSR count). The fourth-order valence-corrected chi connectivity index (χ4v) is 2.61. The summed E-state index contributed by atoms with van der Waals surface area (Å²) in [6.07, 6.45) is 2.04. The van der Waals surface area contributed by atoms with Gasteiger partial charge in [0.25, 0.3) is 0 Å². The van der Waals surface area contributed by atoms with Gasteiger partial charge in [-0.05, 0) is 37.1 Å². The first-order valence-corrected chi connectivity index (χ1v) is 9.31. The molecule has 0 amide bonds. The maximum atomic E-state index is 11.5. The van der Waals surface area contributed by atoms with Gasteiger partial charge in [-0.1, -0.05) is 37.8 Å². The van der Waals surface area contributed by atoms with Crippen molar-refractivity contribution in [1.82, 2.24) is 4.78 Å². The van der Waals surface area contributed by atoms with Gasteiger partial charge in [0.1, 0.15) is 12.4 Å². The lowest BCUT2D eigenvalue weighted by atomic mass is 10.1. The van der Waals surface area contributed by atoms with Crippen LogP contribution in [0.3, 0.4) is 0 Å². The number of nitrogens with zero attached hydrogens (tertiary/aromatic N) is 2. The first-order chi connectivity index (χ1) is 11.2. The number of halogens is 1. The Balaban J connectivity index is 3.27. The Labute approximate surface area is 147 Å². The first-order valence-electron chi connectivity index (χ1n) is 7.36. The molecular weight excluding hydrogens is 351 g/mol. The minimum absolute atomic E-state index is 0.0742. The zero-order valence-electron chi connectivity index (χ0n) is 13.8. The van der Waals surface area contributed by atoms with Crippen LogP contribution in [-0.2, 0) is 4.57 Å². The van der Waals surface area contributed by atoms with E-state index in [4.69, 9.17) is 16.3 Å². The molecule has 2 N–H and O–H groups in total. The molecule has 0 saturated heterocycles. The topological polar surface area (TPSA) is 82.4 Å². The number of hydrogen-bond acceptors (Lipinski definition) is 3. The van der Waals surface area contributed by atoms with Gasteiger partial charge >= 0.3 is 7.75 Å². The molecule has 0 aliphatic carbocycles. The third-order valence-electron chi connectivity index (χ3n) is 3.11. The highest BCUT2D eigenvalue weighted by atomic mass is 35.5. The van der Waals surface area contributed by atoms with Crippen molar-refractivity contribution in [3.63, 3.8) is 0 Å². The van der Waals surface area contributed by atoms with Crippen LogP contribution in [0.2, 0.25) is 5.02 Å². The Morgan fingerprint density at radius 1 is 1.46 bits per heavy atom. The van der Waals surface area contributed by atoms with E-state index >= 15 is 0 Å². The van der Waals surface area contributed by atoms with Crippen LogP contribution in [0.15, 0.2) is 48.1 Å². The van der Waals surface area contributed by atoms with Crippen molar-refractivity contribution in [2.24, 2.45) is 5.10 Å². The summed E-state index contributed by atoms with van der Waals surface area (Å²) < 4.78 is 17.9. The van der Waals surface area contributed by atoms with Crippen LogP contribution in [0, 0.1) is 0 Å². The molecule has 0 radical (unpaired) electrons. The standard InChI is InChI=1S/C16H22ClN2O4P/c1-5-12(4)11-23-16-10-13(17)8-9-14(16)15(6-2)18-19(7-3)24(20,21)22/h5,8-10H,1,4,6-7,11H2,2-3H3,(H2,20,21,22). The normalized spacial score (nSPS) is 12.0. The van der Waals surface area contributed by atoms with Gasteiger partial charge in [0, 0.05) is 17.1 Å². The van der Waals surface area contributed by atoms with E-state index in [0.29, 0.717) is 34.0 Å². The third kappa shape index (κ3) is 5.80. The van der Waals surface area contributed by atoms with Crippen molar-refractivity contribution in [1.29, 1.82) is 0 Å². The molecular formula is C16H22ClN2O4P. The van der Waals surface area contributed by atoms with Gasteiger partial charge in [-0.2, -0.15) is 5.10 Å². The highest BCUT2D eigenvalue weighted by Gasteiger charge is 2.23. The quantitative estimate of drug-likeness (QED) is 0.296. The van der Waals surface area contributed by atoms with Crippen LogP contribution < -0.4 is 4.74 Å². The lowest BCUT2D eigenvalue weighted by molar-refractivity contribution is 0.280. The SMILES string of the molecule is C=CC(=C)COc1cc(Cl)ccc1C(CC)=NN(CC)P(=O)(O)O. The first kappa shape index (κ1) is 20.5. The molecule has 1 aromatic carbocycles. The molecule has 0 heterocycles. The van der Waals surface area contributed by atoms with E-state index in [1.807, 2.05) is 6.92 Å². The zero-order valence-corrected chi connectivity index (χ0v) is 15.4. The largest absolute Gasteiger partial charge is 0.488 e. The molecule has 0 aliphatic rings. The van der Waals surface area contributed by atoms with Crippen molar-refractivity contribution in [3.05, 3.63) is 53.6 Å². The molecule has 0 fully saturated rings. The summed E-state index contributed by atoms with van der Waals surface area (Å²) in [5, 5.41) is 4.60. The lowest BCUT2D eigenvalue weighted by Crippen LogP contribution is -2.17. The second-order valence-electron chi connectivity index (χ2n) is 4.89. The minimum atomic E-state index is -4.47. The molecule has 8 heteroatoms. The highest BCUT2D eigenvalue weighted by Crippen LogP contribution is 2.40. The van der Waals surface area contributed by atoms with E-state index in [9.17, 15) is 14.4 Å². The number of benzene rings is 1. The molecule has 0 bridgehead atoms. The minimum Gasteiger partial charge on any atom is -0.488 e. The van der Waals surface area contributed by atoms with E-state index in [0.717, 1.165) is 4.78 Å². The molecule has 0 saturated carbocycles. The summed E-state index contributed by atoms with van der Waals surface area (Å²) in [5.74, 6) is 0.466. The van der Waals surface area contributed by atoms with Gasteiger partial charge in [-0.15, -0.1) is 0 Å². The van der Waals surface area contributed by atoms with Crippen LogP contribution in [-0.4, -0.2) is 33.4 Å². The predicted octanol–water partition coefficient (Wildman–Crippen LogP) is 3.99. The number of ether oxygens (including phenoxy) is 1. The maximum Gasteiger partial charge on any atom is 0.445 e. The molecule has 0 unspecified atom stereocenters. The molecule has 0 atom stereocenters. The maximum absolute atomic E-state index is 11.5. The average molecular weight is 373 g/mol. The van der Waals surface area contributed by atoms with Crippen LogP contribution in [0.25, 0.3) is 0 Å². The van der Waals surface area contributed by atoms with Crippen LogP contribution >= 0.6 is 19.3 Å². The Bertz CT molecular complexity index is 685. The van der Waals surface area contributed by atoms with Crippen molar-refractivity contribution in [2.45, 2.75) is 20.3 Å². The molecule has 0 aromatic heterocycles. The Morgan fingerprint density at radius 2 is 2.12 bits per heavy atom. The zero-order chi connectivity index (χ0) is 18.3. The number of hydrazone groups is 1. The van der Waals surface area contributed by atoms with Gasteiger partial charge in [0.2, 0.25) is 0 Å². The molecule has 0 spiro atoms. The molecule has 1 aromatic rings. The third-order valence-corrected chi connectivity index (χ3v) is 4.32. The summed E-state index contributed by atoms with van der Waals surface area (Å²) in [6.45, 7) is 11.2. The lowest BCUT2D eigenvalue weighted by Gasteiger charge is -2.20. The van der Waals surface area contributed by atoms with Crippen molar-refractivity contribution in [2.75, 3.05) is 13.2 Å². The monoisotopic (exact) mass is 372 g/mol. The van der Waals surface area contributed by atoms with E-state index in [1.165, 1.54) is 0 Å². The second kappa shape index (κ2) is 9.04. The van der Waals surface area contributed by atoms with E-state index in [2.05, 4.69) is 18.3 Å². The number of rotatable bonds is 9. The smallest absolute Gasteiger partial charge is 0.445 e. The van der Waals surface area contributed by atoms with Crippen LogP contribution in [0.4, 0.5) is 0 Å². The van der Waals surface area contributed by atoms with Crippen molar-refractivity contribution in [3.8, 4) is 5.75 Å². The van der Waals surface area contributed by atoms with Gasteiger partial charge < -0.3 is 14.5 Å². The Hall–Kier alpha value is -1.59. The summed E-state index contributed by atoms with van der Waals surface area (Å²) in [5.41, 5.74) is 1.79. The fraction of sp³-hybridized carbons (Fsp3) is 0.312. The summed E-state index contributed by atoms with van der Waals surface area (Å²) >= 11 is 6.02. The molecule has 24 heavy (non-hydrogen) atoms.